The van der Waals surface area contributed by atoms with Crippen LogP contribution in [0.4, 0.5) is 0 Å². The summed E-state index contributed by atoms with van der Waals surface area (Å²) in [5, 5.41) is 11.8. The number of benzene rings is 1. The molecule has 6 nitrogen and oxygen atoms in total. The maximum Gasteiger partial charge on any atom is 0.345 e. The van der Waals surface area contributed by atoms with Crippen molar-refractivity contribution in [3.63, 3.8) is 0 Å². The first-order chi connectivity index (χ1) is 12.6. The Balaban J connectivity index is 1.66. The normalized spacial score (nSPS) is 14.2. The van der Waals surface area contributed by atoms with Gasteiger partial charge in [-0.25, -0.2) is 4.79 Å². The second-order valence-corrected chi connectivity index (χ2v) is 7.31. The number of hydrogen-bond donors (Lipinski definition) is 2. The monoisotopic (exact) mass is 375 g/mol. The first-order valence-corrected chi connectivity index (χ1v) is 9.33. The van der Waals surface area contributed by atoms with Crippen LogP contribution in [0.3, 0.4) is 0 Å². The number of aromatic carboxylic acids is 1. The van der Waals surface area contributed by atoms with Crippen LogP contribution in [-0.2, 0) is 6.54 Å². The molecule has 0 atom stereocenters. The van der Waals surface area contributed by atoms with Crippen LogP contribution < -0.4 is 14.8 Å². The highest BCUT2D eigenvalue weighted by Gasteiger charge is 2.19. The fraction of sp³-hybridized carbons (Fsp3) is 0.368. The third-order valence-electron chi connectivity index (χ3n) is 4.32. The molecule has 0 spiro atoms. The number of ether oxygens (including phenoxy) is 2. The van der Waals surface area contributed by atoms with E-state index in [4.69, 9.17) is 14.6 Å². The number of thiophene rings is 1. The van der Waals surface area contributed by atoms with E-state index in [0.29, 0.717) is 17.1 Å². The minimum Gasteiger partial charge on any atom is -0.493 e. The van der Waals surface area contributed by atoms with Gasteiger partial charge in [0.05, 0.1) is 19.8 Å². The molecule has 2 aromatic rings. The number of methoxy groups -OCH3 is 1. The molecule has 138 valence electrons. The van der Waals surface area contributed by atoms with Crippen molar-refractivity contribution in [3.05, 3.63) is 45.6 Å². The zero-order valence-electron chi connectivity index (χ0n) is 14.5. The molecule has 0 unspecified atom stereocenters. The predicted octanol–water partition coefficient (Wildman–Crippen LogP) is 3.71. The number of carbonyl (C=O) groups is 2. The number of nitrogens with one attached hydrogen (secondary N) is 1. The zero-order chi connectivity index (χ0) is 18.5. The molecule has 1 amide bonds. The smallest absolute Gasteiger partial charge is 0.345 e. The molecule has 0 radical (unpaired) electrons. The molecular weight excluding hydrogens is 354 g/mol. The van der Waals surface area contributed by atoms with E-state index in [-0.39, 0.29) is 23.4 Å². The number of rotatable bonds is 7. The van der Waals surface area contributed by atoms with Crippen molar-refractivity contribution in [2.24, 2.45) is 0 Å². The number of carboxylic acid groups (broad SMARTS) is 1. The van der Waals surface area contributed by atoms with E-state index in [1.165, 1.54) is 6.07 Å². The SMILES string of the molecule is COc1ccc(C(=O)NCc2ccc(C(=O)O)s2)cc1OC1CCCC1. The molecule has 0 bridgehead atoms. The summed E-state index contributed by atoms with van der Waals surface area (Å²) in [4.78, 5) is 24.4. The van der Waals surface area contributed by atoms with Crippen LogP contribution >= 0.6 is 11.3 Å². The van der Waals surface area contributed by atoms with E-state index in [2.05, 4.69) is 5.32 Å². The average molecular weight is 375 g/mol. The minimum atomic E-state index is -0.962. The van der Waals surface area contributed by atoms with Crippen LogP contribution in [-0.4, -0.2) is 30.2 Å². The van der Waals surface area contributed by atoms with Gasteiger partial charge < -0.3 is 19.9 Å². The van der Waals surface area contributed by atoms with Gasteiger partial charge in [0, 0.05) is 10.4 Å². The molecule has 3 rings (SSSR count). The van der Waals surface area contributed by atoms with Crippen LogP contribution in [0.15, 0.2) is 30.3 Å². The minimum absolute atomic E-state index is 0.169. The van der Waals surface area contributed by atoms with E-state index in [1.54, 1.807) is 31.4 Å². The second kappa shape index (κ2) is 8.23. The van der Waals surface area contributed by atoms with Crippen molar-refractivity contribution in [2.45, 2.75) is 38.3 Å². The van der Waals surface area contributed by atoms with Crippen molar-refractivity contribution in [2.75, 3.05) is 7.11 Å². The molecule has 1 aliphatic carbocycles. The fourth-order valence-corrected chi connectivity index (χ4v) is 3.74. The Morgan fingerprint density at radius 1 is 1.19 bits per heavy atom. The van der Waals surface area contributed by atoms with Gasteiger partial charge in [-0.2, -0.15) is 0 Å². The summed E-state index contributed by atoms with van der Waals surface area (Å²) in [5.41, 5.74) is 0.480. The Morgan fingerprint density at radius 3 is 2.62 bits per heavy atom. The van der Waals surface area contributed by atoms with Crippen molar-refractivity contribution in [1.29, 1.82) is 0 Å². The lowest BCUT2D eigenvalue weighted by atomic mass is 10.2. The van der Waals surface area contributed by atoms with Gasteiger partial charge in [0.25, 0.3) is 5.91 Å². The summed E-state index contributed by atoms with van der Waals surface area (Å²) in [6.45, 7) is 0.279. The first kappa shape index (κ1) is 18.3. The van der Waals surface area contributed by atoms with Crippen LogP contribution in [0.25, 0.3) is 0 Å². The Kier molecular flexibility index (Phi) is 5.78. The zero-order valence-corrected chi connectivity index (χ0v) is 15.3. The van der Waals surface area contributed by atoms with Gasteiger partial charge in [0.15, 0.2) is 11.5 Å². The number of hydrogen-bond acceptors (Lipinski definition) is 5. The lowest BCUT2D eigenvalue weighted by Gasteiger charge is -2.16. The van der Waals surface area contributed by atoms with Gasteiger partial charge in [0.1, 0.15) is 4.88 Å². The van der Waals surface area contributed by atoms with E-state index in [0.717, 1.165) is 41.9 Å². The van der Waals surface area contributed by atoms with Crippen LogP contribution in [0.5, 0.6) is 11.5 Å². The van der Waals surface area contributed by atoms with E-state index < -0.39 is 5.97 Å². The molecule has 1 aliphatic rings. The summed E-state index contributed by atoms with van der Waals surface area (Å²) >= 11 is 1.15. The third-order valence-corrected chi connectivity index (χ3v) is 5.39. The molecule has 0 saturated heterocycles. The molecule has 1 heterocycles. The van der Waals surface area contributed by atoms with Crippen LogP contribution in [0.2, 0.25) is 0 Å². The molecule has 1 saturated carbocycles. The largest absolute Gasteiger partial charge is 0.493 e. The maximum absolute atomic E-state index is 12.4. The van der Waals surface area contributed by atoms with Gasteiger partial charge >= 0.3 is 5.97 Å². The Bertz CT molecular complexity index is 795. The van der Waals surface area contributed by atoms with Crippen molar-refractivity contribution < 1.29 is 24.2 Å². The molecule has 0 aliphatic heterocycles. The lowest BCUT2D eigenvalue weighted by Crippen LogP contribution is -2.22. The summed E-state index contributed by atoms with van der Waals surface area (Å²) in [6, 6.07) is 8.36. The third kappa shape index (κ3) is 4.35. The molecule has 7 heteroatoms. The second-order valence-electron chi connectivity index (χ2n) is 6.14. The molecule has 1 aromatic heterocycles. The molecule has 26 heavy (non-hydrogen) atoms. The number of amides is 1. The summed E-state index contributed by atoms with van der Waals surface area (Å²) in [5.74, 6) is -0.0141. The van der Waals surface area contributed by atoms with Gasteiger partial charge in [-0.1, -0.05) is 0 Å². The van der Waals surface area contributed by atoms with Crippen LogP contribution in [0.1, 0.15) is 50.6 Å². The van der Waals surface area contributed by atoms with Crippen molar-refractivity contribution >= 4 is 23.2 Å². The summed E-state index contributed by atoms with van der Waals surface area (Å²) in [7, 11) is 1.58. The van der Waals surface area contributed by atoms with Crippen LogP contribution in [0, 0.1) is 0 Å². The average Bonchev–Trinajstić information content (AvgIpc) is 3.31. The van der Waals surface area contributed by atoms with Crippen molar-refractivity contribution in [3.8, 4) is 11.5 Å². The Labute approximate surface area is 155 Å². The lowest BCUT2D eigenvalue weighted by molar-refractivity contribution is 0.0702. The predicted molar refractivity (Wildman–Crippen MR) is 98.3 cm³/mol. The molecular formula is C19H21NO5S. The molecule has 2 N–H and O–H groups in total. The van der Waals surface area contributed by atoms with Gasteiger partial charge in [-0.15, -0.1) is 11.3 Å². The highest BCUT2D eigenvalue weighted by atomic mass is 32.1. The van der Waals surface area contributed by atoms with Gasteiger partial charge in [-0.05, 0) is 56.0 Å². The van der Waals surface area contributed by atoms with E-state index in [1.807, 2.05) is 0 Å². The van der Waals surface area contributed by atoms with Crippen molar-refractivity contribution in [1.82, 2.24) is 5.32 Å². The Hall–Kier alpha value is -2.54. The Morgan fingerprint density at radius 2 is 1.96 bits per heavy atom. The molecule has 1 aromatic carbocycles. The van der Waals surface area contributed by atoms with Gasteiger partial charge in [-0.3, -0.25) is 4.79 Å². The summed E-state index contributed by atoms with van der Waals surface area (Å²) in [6.07, 6.45) is 4.52. The highest BCUT2D eigenvalue weighted by Crippen LogP contribution is 2.32. The maximum atomic E-state index is 12.4. The number of carbonyl (C=O) groups excluding carboxylic acids is 1. The fourth-order valence-electron chi connectivity index (χ4n) is 2.95. The van der Waals surface area contributed by atoms with E-state index >= 15 is 0 Å². The summed E-state index contributed by atoms with van der Waals surface area (Å²) < 4.78 is 11.3. The highest BCUT2D eigenvalue weighted by molar-refractivity contribution is 7.13. The van der Waals surface area contributed by atoms with Gasteiger partial charge in [0.2, 0.25) is 0 Å². The standard InChI is InChI=1S/C19H21NO5S/c1-24-15-8-6-12(10-16(15)25-13-4-2-3-5-13)18(21)20-11-14-7-9-17(26-14)19(22)23/h6-10,13H,2-5,11H2,1H3,(H,20,21)(H,22,23). The molecule has 1 fully saturated rings. The number of carboxylic acids is 1. The van der Waals surface area contributed by atoms with E-state index in [9.17, 15) is 9.59 Å². The topological polar surface area (TPSA) is 84.9 Å². The quantitative estimate of drug-likeness (QED) is 0.771. The first-order valence-electron chi connectivity index (χ1n) is 8.51.